The van der Waals surface area contributed by atoms with Gasteiger partial charge in [0.25, 0.3) is 5.91 Å². The molecular weight excluding hydrogens is 1120 g/mol. The molecule has 20 nitrogen and oxygen atoms in total. The van der Waals surface area contributed by atoms with Crippen molar-refractivity contribution in [2.45, 2.75) is 142 Å². The van der Waals surface area contributed by atoms with Gasteiger partial charge in [0.2, 0.25) is 23.6 Å². The molecule has 4 amide bonds. The molecule has 3 fully saturated rings. The number of pyridine rings is 2. The van der Waals surface area contributed by atoms with Gasteiger partial charge in [0, 0.05) is 80.4 Å². The Morgan fingerprint density at radius 1 is 0.894 bits per heavy atom. The first-order valence-corrected chi connectivity index (χ1v) is 29.7. The summed E-state index contributed by atoms with van der Waals surface area (Å²) in [5, 5.41) is 28.0. The van der Waals surface area contributed by atoms with Gasteiger partial charge in [-0.05, 0) is 80.5 Å². The number of halogens is 3. The number of nitrogens with zero attached hydrogens (tertiary/aromatic N) is 8. The van der Waals surface area contributed by atoms with Gasteiger partial charge >= 0.3 is 6.18 Å². The summed E-state index contributed by atoms with van der Waals surface area (Å²) in [6.07, 6.45) is 2.52. The first-order chi connectivity index (χ1) is 40.7. The largest absolute Gasteiger partial charge is 0.473 e. The highest BCUT2D eigenvalue weighted by molar-refractivity contribution is 7.13. The van der Waals surface area contributed by atoms with Crippen LogP contribution in [0.15, 0.2) is 84.8 Å². The zero-order valence-corrected chi connectivity index (χ0v) is 49.5. The van der Waals surface area contributed by atoms with E-state index in [0.29, 0.717) is 99.4 Å². The van der Waals surface area contributed by atoms with E-state index in [-0.39, 0.29) is 61.6 Å². The van der Waals surface area contributed by atoms with Crippen molar-refractivity contribution < 1.29 is 56.4 Å². The van der Waals surface area contributed by atoms with E-state index >= 15 is 0 Å². The van der Waals surface area contributed by atoms with Crippen molar-refractivity contribution in [2.75, 3.05) is 56.3 Å². The Morgan fingerprint density at radius 2 is 1.68 bits per heavy atom. The number of likely N-dealkylation sites (tertiary alicyclic amines) is 1. The Morgan fingerprint density at radius 3 is 2.42 bits per heavy atom. The van der Waals surface area contributed by atoms with Crippen molar-refractivity contribution in [3.05, 3.63) is 119 Å². The number of ether oxygens (including phenoxy) is 4. The molecule has 2 unspecified atom stereocenters. The molecule has 4 aromatic heterocycles. The van der Waals surface area contributed by atoms with Crippen LogP contribution in [0.1, 0.15) is 117 Å². The topological polar surface area (TPSA) is 237 Å². The highest BCUT2D eigenvalue weighted by Crippen LogP contribution is 2.37. The highest BCUT2D eigenvalue weighted by Gasteiger charge is 2.45. The summed E-state index contributed by atoms with van der Waals surface area (Å²) < 4.78 is 66.3. The molecule has 0 bridgehead atoms. The highest BCUT2D eigenvalue weighted by atomic mass is 32.1. The quantitative estimate of drug-likeness (QED) is 0.0465. The van der Waals surface area contributed by atoms with E-state index in [4.69, 9.17) is 23.9 Å². The summed E-state index contributed by atoms with van der Waals surface area (Å²) in [6, 6.07) is 13.7. The lowest BCUT2D eigenvalue weighted by atomic mass is 9.85. The van der Waals surface area contributed by atoms with E-state index in [9.17, 15) is 37.5 Å². The van der Waals surface area contributed by atoms with E-state index in [1.807, 2.05) is 83.6 Å². The Bertz CT molecular complexity index is 3280. The van der Waals surface area contributed by atoms with E-state index < -0.39 is 47.2 Å². The fraction of sp³-hybridized carbons (Fsp3) is 0.492. The predicted octanol–water partition coefficient (Wildman–Crippen LogP) is 8.66. The molecule has 3 saturated heterocycles. The summed E-state index contributed by atoms with van der Waals surface area (Å²) >= 11 is 1.57. The van der Waals surface area contributed by atoms with Crippen LogP contribution in [0.4, 0.5) is 24.5 Å². The molecule has 7 heterocycles. The van der Waals surface area contributed by atoms with Gasteiger partial charge in [-0.3, -0.25) is 28.8 Å². The van der Waals surface area contributed by atoms with E-state index in [2.05, 4.69) is 41.1 Å². The average molecular weight is 1190 g/mol. The minimum atomic E-state index is -4.59. The number of aliphatic hydroxyl groups is 1. The number of anilines is 2. The normalized spacial score (nSPS) is 19.1. The van der Waals surface area contributed by atoms with E-state index in [1.165, 1.54) is 23.2 Å². The predicted molar refractivity (Wildman–Crippen MR) is 313 cm³/mol. The molecule has 24 heteroatoms. The Kier molecular flexibility index (Phi) is 20.3. The summed E-state index contributed by atoms with van der Waals surface area (Å²) in [5.41, 5.74) is 6.72. The second-order valence-corrected chi connectivity index (χ2v) is 23.8. The number of nitrogens with one attached hydrogen (secondary N) is 3. The average Bonchev–Trinajstić information content (AvgIpc) is 4.23. The Labute approximate surface area is 496 Å². The van der Waals surface area contributed by atoms with Crippen molar-refractivity contribution in [1.29, 1.82) is 0 Å². The van der Waals surface area contributed by atoms with Gasteiger partial charge in [0.05, 0.1) is 91.0 Å². The van der Waals surface area contributed by atoms with Crippen LogP contribution in [0.25, 0.3) is 21.6 Å². The maximum absolute atomic E-state index is 14.2. The second kappa shape index (κ2) is 27.8. The maximum Gasteiger partial charge on any atom is 0.416 e. The zero-order valence-electron chi connectivity index (χ0n) is 48.7. The fourth-order valence-corrected chi connectivity index (χ4v) is 11.5. The minimum Gasteiger partial charge on any atom is -0.473 e. The van der Waals surface area contributed by atoms with Gasteiger partial charge in [0.15, 0.2) is 0 Å². The van der Waals surface area contributed by atoms with Crippen LogP contribution in [0.3, 0.4) is 0 Å². The molecule has 85 heavy (non-hydrogen) atoms. The Balaban J connectivity index is 0.710. The number of hydrogen-bond donors (Lipinski definition) is 4. The van der Waals surface area contributed by atoms with Crippen LogP contribution in [0.5, 0.6) is 5.88 Å². The number of carbonyl (C=O) groups is 4. The van der Waals surface area contributed by atoms with Crippen molar-refractivity contribution >= 4 is 46.3 Å². The molecule has 0 saturated carbocycles. The number of morpholine rings is 1. The first-order valence-electron chi connectivity index (χ1n) is 28.8. The third kappa shape index (κ3) is 16.3. The number of aryl methyl sites for hydroxylation is 3. The first kappa shape index (κ1) is 62.2. The number of alkyl halides is 3. The lowest BCUT2D eigenvalue weighted by Crippen LogP contribution is -2.57. The molecule has 454 valence electrons. The number of carbonyl (C=O) groups excluding carboxylic acids is 4. The number of rotatable bonds is 22. The molecule has 6 atom stereocenters. The molecule has 0 spiro atoms. The summed E-state index contributed by atoms with van der Waals surface area (Å²) in [7, 11) is 0. The lowest BCUT2D eigenvalue weighted by Gasteiger charge is -2.35. The number of benzene rings is 2. The molecular formula is C61H74F3N11O9S. The number of β-amino-alcohol motifs (C(OH)–C–C–N with tert-alkyl or cyclic N) is 1. The van der Waals surface area contributed by atoms with Gasteiger partial charge in [-0.1, -0.05) is 62.7 Å². The van der Waals surface area contributed by atoms with Crippen molar-refractivity contribution in [3.8, 4) is 27.4 Å². The SMILES string of the molecule is Cc1ncc(NC(=O)c2cccc(C(F)(F)F)c2)cc1-c1cnc(O[C@H]2CCO[C@@H](COCc3cn(CCCCCC(=O)NC(C(=O)N4C[C@H](O)C[C@H]4C(=O)NC(C)c4ccc(-c5scnc5C)cc4)C(C)(C)C)nn3)C2)c(N2CCOCC2)c1. The zero-order chi connectivity index (χ0) is 60.4. The smallest absolute Gasteiger partial charge is 0.416 e. The van der Waals surface area contributed by atoms with Crippen molar-refractivity contribution in [2.24, 2.45) is 5.41 Å². The standard InChI is InChI=1S/C61H74F3N11O9S/c1-37(40-14-16-41(17-15-40)54-39(3)67-36-85-54)68-57(79)51-28-47(76)33-75(51)59(80)55(60(4,5)6)70-53(77)13-8-7-9-19-74-32-46(71-72-74)34-82-35-49-29-48(18-22-83-49)84-58-52(73-20-23-81-24-21-73)26-43(30-66-58)50-27-45(31-65-38(50)2)69-56(78)42-11-10-12-44(25-42)61(62,63)64/h10-12,14-17,25-27,30-32,36-37,47-49,51,55,76H,7-9,13,18-24,28-29,33-35H2,1-6H3,(H,68,79)(H,69,78)(H,70,77)/t37?,47-,48+,49-,51+,55?/m1/s1. The molecule has 0 radical (unpaired) electrons. The van der Waals surface area contributed by atoms with Crippen molar-refractivity contribution in [3.63, 3.8) is 0 Å². The van der Waals surface area contributed by atoms with Gasteiger partial charge < -0.3 is 49.8 Å². The fourth-order valence-electron chi connectivity index (χ4n) is 10.7. The van der Waals surface area contributed by atoms with E-state index in [0.717, 1.165) is 52.4 Å². The maximum atomic E-state index is 14.2. The van der Waals surface area contributed by atoms with Crippen LogP contribution in [-0.4, -0.2) is 140 Å². The van der Waals surface area contributed by atoms with Gasteiger partial charge in [-0.15, -0.1) is 16.4 Å². The van der Waals surface area contributed by atoms with Gasteiger partial charge in [0.1, 0.15) is 29.6 Å². The third-order valence-corrected chi connectivity index (χ3v) is 16.4. The summed E-state index contributed by atoms with van der Waals surface area (Å²) in [6.45, 7) is 15.0. The summed E-state index contributed by atoms with van der Waals surface area (Å²) in [5.74, 6) is -1.31. The number of amides is 4. The van der Waals surface area contributed by atoms with Crippen molar-refractivity contribution in [1.82, 2.24) is 45.5 Å². The molecule has 3 aliphatic heterocycles. The van der Waals surface area contributed by atoms with Gasteiger partial charge in [-0.25, -0.2) is 9.97 Å². The molecule has 4 N–H and O–H groups in total. The van der Waals surface area contributed by atoms with Crippen LogP contribution >= 0.6 is 11.3 Å². The molecule has 6 aromatic rings. The van der Waals surface area contributed by atoms with Gasteiger partial charge in [-0.2, -0.15) is 13.2 Å². The minimum absolute atomic E-state index is 0.0133. The number of hydrogen-bond acceptors (Lipinski definition) is 16. The molecule has 2 aromatic carbocycles. The second-order valence-electron chi connectivity index (χ2n) is 23.0. The van der Waals surface area contributed by atoms with Crippen LogP contribution in [-0.2, 0) is 47.9 Å². The Hall–Kier alpha value is -7.38. The molecule has 3 aliphatic rings. The van der Waals surface area contributed by atoms with Crippen LogP contribution in [0.2, 0.25) is 0 Å². The van der Waals surface area contributed by atoms with Crippen LogP contribution in [0, 0.1) is 19.3 Å². The number of thiazole rings is 1. The van der Waals surface area contributed by atoms with E-state index in [1.54, 1.807) is 28.3 Å². The van der Waals surface area contributed by atoms with Crippen LogP contribution < -0.4 is 25.6 Å². The number of aliphatic hydroxyl groups excluding tert-OH is 1. The molecule has 0 aliphatic carbocycles. The lowest BCUT2D eigenvalue weighted by molar-refractivity contribution is -0.144. The number of aromatic nitrogens is 6. The third-order valence-electron chi connectivity index (χ3n) is 15.4. The number of unbranched alkanes of at least 4 members (excludes halogenated alkanes) is 2. The summed E-state index contributed by atoms with van der Waals surface area (Å²) in [4.78, 5) is 72.7. The molecule has 9 rings (SSSR count). The monoisotopic (exact) mass is 1190 g/mol.